The van der Waals surface area contributed by atoms with Crippen LogP contribution in [-0.2, 0) is 0 Å². The molecular formula is C14H14N4O2. The first kappa shape index (κ1) is 12.6. The van der Waals surface area contributed by atoms with Gasteiger partial charge in [0.15, 0.2) is 0 Å². The molecule has 1 aliphatic heterocycles. The zero-order valence-corrected chi connectivity index (χ0v) is 10.8. The average Bonchev–Trinajstić information content (AvgIpc) is 3.02. The smallest absolute Gasteiger partial charge is 0.322 e. The third kappa shape index (κ3) is 2.75. The van der Waals surface area contributed by atoms with Crippen molar-refractivity contribution in [1.82, 2.24) is 20.4 Å². The summed E-state index contributed by atoms with van der Waals surface area (Å²) in [6, 6.07) is 11.0. The third-order valence-electron chi connectivity index (χ3n) is 2.91. The van der Waals surface area contributed by atoms with Gasteiger partial charge in [0.1, 0.15) is 11.4 Å². The SMILES string of the molecule is O=C(c1ccnc(Oc2ccccc2)n1)N1CCCN1. The van der Waals surface area contributed by atoms with Gasteiger partial charge in [-0.3, -0.25) is 9.80 Å². The lowest BCUT2D eigenvalue weighted by Gasteiger charge is -2.14. The van der Waals surface area contributed by atoms with E-state index in [0.717, 1.165) is 13.0 Å². The molecule has 1 saturated heterocycles. The molecular weight excluding hydrogens is 256 g/mol. The van der Waals surface area contributed by atoms with Gasteiger partial charge in [-0.25, -0.2) is 10.4 Å². The van der Waals surface area contributed by atoms with Crippen LogP contribution < -0.4 is 10.2 Å². The molecule has 102 valence electrons. The molecule has 0 unspecified atom stereocenters. The molecule has 0 saturated carbocycles. The molecule has 1 aliphatic rings. The summed E-state index contributed by atoms with van der Waals surface area (Å²) in [5.41, 5.74) is 3.33. The molecule has 0 spiro atoms. The van der Waals surface area contributed by atoms with Crippen LogP contribution in [0.5, 0.6) is 11.8 Å². The number of nitrogens with zero attached hydrogens (tertiary/aromatic N) is 3. The molecule has 2 aromatic rings. The Kier molecular flexibility index (Phi) is 3.56. The van der Waals surface area contributed by atoms with Crippen molar-refractivity contribution < 1.29 is 9.53 Å². The van der Waals surface area contributed by atoms with E-state index in [-0.39, 0.29) is 11.9 Å². The number of nitrogens with one attached hydrogen (secondary N) is 1. The molecule has 1 fully saturated rings. The predicted molar refractivity (Wildman–Crippen MR) is 72.2 cm³/mol. The Morgan fingerprint density at radius 3 is 2.85 bits per heavy atom. The maximum atomic E-state index is 12.2. The normalized spacial score (nSPS) is 14.3. The minimum atomic E-state index is -0.164. The zero-order valence-electron chi connectivity index (χ0n) is 10.8. The van der Waals surface area contributed by atoms with Crippen molar-refractivity contribution in [2.75, 3.05) is 13.1 Å². The Balaban J connectivity index is 1.77. The quantitative estimate of drug-likeness (QED) is 0.918. The van der Waals surface area contributed by atoms with Crippen LogP contribution in [0.3, 0.4) is 0 Å². The predicted octanol–water partition coefficient (Wildman–Crippen LogP) is 1.62. The molecule has 6 nitrogen and oxygen atoms in total. The maximum Gasteiger partial charge on any atom is 0.322 e. The molecule has 1 amide bonds. The van der Waals surface area contributed by atoms with Crippen molar-refractivity contribution in [3.63, 3.8) is 0 Å². The number of ether oxygens (including phenoxy) is 1. The number of aromatic nitrogens is 2. The van der Waals surface area contributed by atoms with Crippen LogP contribution >= 0.6 is 0 Å². The Morgan fingerprint density at radius 1 is 1.25 bits per heavy atom. The van der Waals surface area contributed by atoms with Gasteiger partial charge < -0.3 is 4.74 Å². The highest BCUT2D eigenvalue weighted by Crippen LogP contribution is 2.17. The van der Waals surface area contributed by atoms with E-state index in [1.807, 2.05) is 18.2 Å². The first-order chi connectivity index (χ1) is 9.83. The first-order valence-corrected chi connectivity index (χ1v) is 6.44. The second-order valence-corrected chi connectivity index (χ2v) is 4.36. The summed E-state index contributed by atoms with van der Waals surface area (Å²) in [6.07, 6.45) is 2.47. The van der Waals surface area contributed by atoms with Gasteiger partial charge in [0, 0.05) is 19.3 Å². The van der Waals surface area contributed by atoms with Crippen LogP contribution in [0, 0.1) is 0 Å². The molecule has 3 rings (SSSR count). The second kappa shape index (κ2) is 5.66. The number of benzene rings is 1. The van der Waals surface area contributed by atoms with Crippen LogP contribution in [0.4, 0.5) is 0 Å². The number of hydrogen-bond acceptors (Lipinski definition) is 5. The molecule has 0 atom stereocenters. The number of para-hydroxylation sites is 1. The topological polar surface area (TPSA) is 67.3 Å². The largest absolute Gasteiger partial charge is 0.424 e. The van der Waals surface area contributed by atoms with Crippen LogP contribution in [0.1, 0.15) is 16.9 Å². The molecule has 1 aromatic carbocycles. The van der Waals surface area contributed by atoms with Crippen LogP contribution in [0.15, 0.2) is 42.6 Å². The minimum Gasteiger partial charge on any atom is -0.424 e. The van der Waals surface area contributed by atoms with Gasteiger partial charge in [0.2, 0.25) is 0 Å². The molecule has 6 heteroatoms. The molecule has 0 bridgehead atoms. The monoisotopic (exact) mass is 270 g/mol. The summed E-state index contributed by atoms with van der Waals surface area (Å²) < 4.78 is 5.52. The van der Waals surface area contributed by atoms with Crippen molar-refractivity contribution in [3.05, 3.63) is 48.3 Å². The number of rotatable bonds is 3. The fraction of sp³-hybridized carbons (Fsp3) is 0.214. The fourth-order valence-electron chi connectivity index (χ4n) is 1.94. The number of carbonyl (C=O) groups is 1. The fourth-order valence-corrected chi connectivity index (χ4v) is 1.94. The zero-order chi connectivity index (χ0) is 13.8. The number of hydrazine groups is 1. The lowest BCUT2D eigenvalue weighted by atomic mass is 10.3. The number of amides is 1. The van der Waals surface area contributed by atoms with Crippen molar-refractivity contribution in [2.45, 2.75) is 6.42 Å². The van der Waals surface area contributed by atoms with Crippen molar-refractivity contribution in [2.24, 2.45) is 0 Å². The minimum absolute atomic E-state index is 0.164. The van der Waals surface area contributed by atoms with Crippen LogP contribution in [-0.4, -0.2) is 34.0 Å². The molecule has 1 N–H and O–H groups in total. The van der Waals surface area contributed by atoms with E-state index in [9.17, 15) is 4.79 Å². The van der Waals surface area contributed by atoms with Crippen molar-refractivity contribution in [1.29, 1.82) is 0 Å². The maximum absolute atomic E-state index is 12.2. The van der Waals surface area contributed by atoms with Crippen molar-refractivity contribution >= 4 is 5.91 Å². The van der Waals surface area contributed by atoms with Crippen molar-refractivity contribution in [3.8, 4) is 11.8 Å². The van der Waals surface area contributed by atoms with Gasteiger partial charge in [0.05, 0.1) is 0 Å². The summed E-state index contributed by atoms with van der Waals surface area (Å²) in [5, 5.41) is 1.56. The Labute approximate surface area is 116 Å². The Bertz CT molecular complexity index is 597. The standard InChI is InChI=1S/C14H14N4O2/c19-13(18-10-4-8-16-18)12-7-9-15-14(17-12)20-11-5-2-1-3-6-11/h1-3,5-7,9,16H,4,8,10H2. The van der Waals surface area contributed by atoms with Gasteiger partial charge >= 0.3 is 6.01 Å². The summed E-state index contributed by atoms with van der Waals surface area (Å²) >= 11 is 0. The van der Waals surface area contributed by atoms with Gasteiger partial charge in [-0.05, 0) is 24.6 Å². The second-order valence-electron chi connectivity index (χ2n) is 4.36. The summed E-state index contributed by atoms with van der Waals surface area (Å²) in [4.78, 5) is 20.3. The lowest BCUT2D eigenvalue weighted by Crippen LogP contribution is -2.37. The van der Waals surface area contributed by atoms with E-state index in [1.54, 1.807) is 23.2 Å². The number of hydrogen-bond donors (Lipinski definition) is 1. The van der Waals surface area contributed by atoms with Gasteiger partial charge in [-0.2, -0.15) is 4.98 Å². The van der Waals surface area contributed by atoms with E-state index in [0.29, 0.717) is 18.0 Å². The van der Waals surface area contributed by atoms with E-state index in [2.05, 4.69) is 15.4 Å². The highest BCUT2D eigenvalue weighted by atomic mass is 16.5. The highest BCUT2D eigenvalue weighted by molar-refractivity contribution is 5.92. The van der Waals surface area contributed by atoms with Gasteiger partial charge in [-0.15, -0.1) is 0 Å². The lowest BCUT2D eigenvalue weighted by molar-refractivity contribution is 0.0719. The van der Waals surface area contributed by atoms with E-state index in [1.165, 1.54) is 6.20 Å². The Morgan fingerprint density at radius 2 is 2.10 bits per heavy atom. The summed E-state index contributed by atoms with van der Waals surface area (Å²) in [6.45, 7) is 1.50. The van der Waals surface area contributed by atoms with Gasteiger partial charge in [0.25, 0.3) is 5.91 Å². The average molecular weight is 270 g/mol. The van der Waals surface area contributed by atoms with Gasteiger partial charge in [-0.1, -0.05) is 18.2 Å². The third-order valence-corrected chi connectivity index (χ3v) is 2.91. The molecule has 20 heavy (non-hydrogen) atoms. The van der Waals surface area contributed by atoms with E-state index in [4.69, 9.17) is 4.74 Å². The molecule has 0 aliphatic carbocycles. The van der Waals surface area contributed by atoms with E-state index >= 15 is 0 Å². The first-order valence-electron chi connectivity index (χ1n) is 6.44. The summed E-state index contributed by atoms with van der Waals surface area (Å²) in [5.74, 6) is 0.471. The molecule has 1 aromatic heterocycles. The van der Waals surface area contributed by atoms with E-state index < -0.39 is 0 Å². The number of carbonyl (C=O) groups excluding carboxylic acids is 1. The van der Waals surface area contributed by atoms with Crippen LogP contribution in [0.25, 0.3) is 0 Å². The van der Waals surface area contributed by atoms with Crippen LogP contribution in [0.2, 0.25) is 0 Å². The molecule has 2 heterocycles. The Hall–Kier alpha value is -2.47. The molecule has 0 radical (unpaired) electrons. The summed E-state index contributed by atoms with van der Waals surface area (Å²) in [7, 11) is 0. The highest BCUT2D eigenvalue weighted by Gasteiger charge is 2.21.